The lowest BCUT2D eigenvalue weighted by atomic mass is 9.81. The van der Waals surface area contributed by atoms with Gasteiger partial charge in [-0.15, -0.1) is 0 Å². The van der Waals surface area contributed by atoms with E-state index in [2.05, 4.69) is 52.0 Å². The molecule has 4 unspecified atom stereocenters. The number of aromatic nitrogens is 2. The number of nitrogens with one attached hydrogen (secondary N) is 1. The molecule has 2 saturated carbocycles. The molecule has 0 radical (unpaired) electrons. The third kappa shape index (κ3) is 2.45. The fourth-order valence-corrected chi connectivity index (χ4v) is 5.28. The summed E-state index contributed by atoms with van der Waals surface area (Å²) in [6.45, 7) is 2.17. The smallest absolute Gasteiger partial charge is 0.0766 e. The Bertz CT molecular complexity index is 482. The van der Waals surface area contributed by atoms with Gasteiger partial charge in [-0.05, 0) is 66.4 Å². The molecule has 4 heteroatoms. The second kappa shape index (κ2) is 5.80. The van der Waals surface area contributed by atoms with Crippen LogP contribution in [0.4, 0.5) is 0 Å². The van der Waals surface area contributed by atoms with Gasteiger partial charge >= 0.3 is 0 Å². The van der Waals surface area contributed by atoms with Crippen molar-refractivity contribution in [3.63, 3.8) is 0 Å². The van der Waals surface area contributed by atoms with Crippen LogP contribution in [0.1, 0.15) is 44.0 Å². The van der Waals surface area contributed by atoms with Gasteiger partial charge < -0.3 is 5.32 Å². The molecule has 0 amide bonds. The van der Waals surface area contributed by atoms with E-state index < -0.39 is 0 Å². The fourth-order valence-electron chi connectivity index (χ4n) is 4.50. The summed E-state index contributed by atoms with van der Waals surface area (Å²) in [5, 5.41) is 8.23. The topological polar surface area (TPSA) is 29.9 Å². The molecule has 2 fully saturated rings. The largest absolute Gasteiger partial charge is 0.316 e. The van der Waals surface area contributed by atoms with E-state index >= 15 is 0 Å². The minimum Gasteiger partial charge on any atom is -0.316 e. The van der Waals surface area contributed by atoms with Gasteiger partial charge in [0.15, 0.2) is 0 Å². The number of hydrogen-bond donors (Lipinski definition) is 1. The van der Waals surface area contributed by atoms with Crippen LogP contribution in [0.15, 0.2) is 4.47 Å². The lowest BCUT2D eigenvalue weighted by molar-refractivity contribution is 0.253. The van der Waals surface area contributed by atoms with Gasteiger partial charge in [0.05, 0.1) is 15.9 Å². The van der Waals surface area contributed by atoms with Gasteiger partial charge in [-0.1, -0.05) is 13.3 Å². The molecule has 3 rings (SSSR count). The van der Waals surface area contributed by atoms with Crippen LogP contribution in [0.3, 0.4) is 0 Å². The molecule has 20 heavy (non-hydrogen) atoms. The zero-order valence-electron chi connectivity index (χ0n) is 12.8. The molecule has 112 valence electrons. The van der Waals surface area contributed by atoms with Crippen LogP contribution in [0.2, 0.25) is 0 Å². The molecule has 4 atom stereocenters. The molecule has 0 spiro atoms. The number of halogens is 1. The van der Waals surface area contributed by atoms with Crippen LogP contribution in [-0.4, -0.2) is 22.9 Å². The lowest BCUT2D eigenvalue weighted by Crippen LogP contribution is -2.38. The van der Waals surface area contributed by atoms with E-state index in [0.29, 0.717) is 6.04 Å². The van der Waals surface area contributed by atoms with E-state index in [1.807, 2.05) is 0 Å². The van der Waals surface area contributed by atoms with E-state index in [9.17, 15) is 0 Å². The first-order chi connectivity index (χ1) is 9.63. The van der Waals surface area contributed by atoms with Gasteiger partial charge in [0.1, 0.15) is 0 Å². The maximum Gasteiger partial charge on any atom is 0.0766 e. The molecule has 0 aliphatic heterocycles. The second-order valence-electron chi connectivity index (χ2n) is 6.62. The maximum absolute atomic E-state index is 4.63. The number of nitrogens with zero attached hydrogens (tertiary/aromatic N) is 2. The Morgan fingerprint density at radius 3 is 2.70 bits per heavy atom. The van der Waals surface area contributed by atoms with Crippen molar-refractivity contribution in [2.24, 2.45) is 24.8 Å². The highest BCUT2D eigenvalue weighted by Gasteiger charge is 2.42. The van der Waals surface area contributed by atoms with Crippen molar-refractivity contribution in [2.45, 2.75) is 51.5 Å². The van der Waals surface area contributed by atoms with Gasteiger partial charge in [-0.25, -0.2) is 0 Å². The summed E-state index contributed by atoms with van der Waals surface area (Å²) < 4.78 is 3.30. The lowest BCUT2D eigenvalue weighted by Gasteiger charge is -2.30. The van der Waals surface area contributed by atoms with E-state index in [4.69, 9.17) is 0 Å². The van der Waals surface area contributed by atoms with Gasteiger partial charge in [-0.2, -0.15) is 5.10 Å². The van der Waals surface area contributed by atoms with Gasteiger partial charge in [0.2, 0.25) is 0 Å². The average molecular weight is 340 g/mol. The van der Waals surface area contributed by atoms with E-state index in [-0.39, 0.29) is 0 Å². The van der Waals surface area contributed by atoms with Crippen LogP contribution in [0, 0.1) is 17.8 Å². The van der Waals surface area contributed by atoms with Gasteiger partial charge in [-0.3, -0.25) is 4.68 Å². The maximum atomic E-state index is 4.63. The van der Waals surface area contributed by atoms with E-state index in [1.54, 1.807) is 0 Å². The third-order valence-corrected chi connectivity index (χ3v) is 6.51. The first-order valence-electron chi connectivity index (χ1n) is 8.01. The van der Waals surface area contributed by atoms with E-state index in [0.717, 1.165) is 30.6 Å². The molecule has 3 nitrogen and oxygen atoms in total. The Morgan fingerprint density at radius 2 is 2.20 bits per heavy atom. The Kier molecular flexibility index (Phi) is 4.23. The van der Waals surface area contributed by atoms with Crippen molar-refractivity contribution in [1.29, 1.82) is 0 Å². The predicted octanol–water partition coefficient (Wildman–Crippen LogP) is 3.31. The zero-order chi connectivity index (χ0) is 14.3. The van der Waals surface area contributed by atoms with Crippen molar-refractivity contribution >= 4 is 15.9 Å². The van der Waals surface area contributed by atoms with Gasteiger partial charge in [0.25, 0.3) is 0 Å². The third-order valence-electron chi connectivity index (χ3n) is 5.60. The molecule has 1 aromatic rings. The van der Waals surface area contributed by atoms with E-state index in [1.165, 1.54) is 41.5 Å². The molecular weight excluding hydrogens is 314 g/mol. The van der Waals surface area contributed by atoms with Crippen LogP contribution >= 0.6 is 15.9 Å². The highest BCUT2D eigenvalue weighted by Crippen LogP contribution is 2.50. The normalized spacial score (nSPS) is 30.1. The minimum absolute atomic E-state index is 0.599. The quantitative estimate of drug-likeness (QED) is 0.891. The molecule has 2 aliphatic rings. The highest BCUT2D eigenvalue weighted by molar-refractivity contribution is 9.10. The first kappa shape index (κ1) is 14.6. The summed E-state index contributed by atoms with van der Waals surface area (Å²) in [5.74, 6) is 2.85. The molecule has 2 aliphatic carbocycles. The van der Waals surface area contributed by atoms with Crippen molar-refractivity contribution in [3.8, 4) is 0 Å². The Balaban J connectivity index is 1.77. The summed E-state index contributed by atoms with van der Waals surface area (Å²) >= 11 is 3.76. The molecule has 0 aromatic carbocycles. The van der Waals surface area contributed by atoms with Gasteiger partial charge in [0, 0.05) is 19.5 Å². The molecular formula is C16H26BrN3. The highest BCUT2D eigenvalue weighted by atomic mass is 79.9. The van der Waals surface area contributed by atoms with Crippen molar-refractivity contribution in [3.05, 3.63) is 15.9 Å². The van der Waals surface area contributed by atoms with Crippen LogP contribution in [0.25, 0.3) is 0 Å². The van der Waals surface area contributed by atoms with Crippen LogP contribution in [-0.2, 0) is 19.9 Å². The average Bonchev–Trinajstić information content (AvgIpc) is 3.13. The Morgan fingerprint density at radius 1 is 1.40 bits per heavy atom. The summed E-state index contributed by atoms with van der Waals surface area (Å²) in [5.41, 5.74) is 2.54. The Labute approximate surface area is 130 Å². The molecule has 0 saturated heterocycles. The summed E-state index contributed by atoms with van der Waals surface area (Å²) in [7, 11) is 4.20. The predicted molar refractivity (Wildman–Crippen MR) is 85.8 cm³/mol. The van der Waals surface area contributed by atoms with Crippen LogP contribution in [0.5, 0.6) is 0 Å². The number of aryl methyl sites for hydroxylation is 2. The number of hydrogen-bond acceptors (Lipinski definition) is 2. The summed E-state index contributed by atoms with van der Waals surface area (Å²) in [6.07, 6.45) is 7.94. The second-order valence-corrected chi connectivity index (χ2v) is 7.42. The summed E-state index contributed by atoms with van der Waals surface area (Å²) in [6, 6.07) is 0.599. The zero-order valence-corrected chi connectivity index (χ0v) is 14.4. The first-order valence-corrected chi connectivity index (χ1v) is 8.80. The molecule has 1 aromatic heterocycles. The summed E-state index contributed by atoms with van der Waals surface area (Å²) in [4.78, 5) is 0. The minimum atomic E-state index is 0.599. The van der Waals surface area contributed by atoms with Crippen molar-refractivity contribution in [2.75, 3.05) is 7.05 Å². The Hall–Kier alpha value is -0.350. The van der Waals surface area contributed by atoms with Crippen molar-refractivity contribution in [1.82, 2.24) is 15.1 Å². The number of fused-ring (bicyclic) bond motifs is 2. The fraction of sp³-hybridized carbons (Fsp3) is 0.812. The molecule has 1 N–H and O–H groups in total. The molecule has 2 bridgehead atoms. The van der Waals surface area contributed by atoms with Crippen LogP contribution < -0.4 is 5.32 Å². The molecule has 1 heterocycles. The standard InChI is InChI=1S/C16H26BrN3/c1-4-13-16(17)15(20(3)19-13)9-14(18-2)12-8-10-5-6-11(12)7-10/h10-12,14,18H,4-9H2,1-3H3. The monoisotopic (exact) mass is 339 g/mol. The number of likely N-dealkylation sites (N-methyl/N-ethyl adjacent to an activating group) is 1. The number of rotatable bonds is 5. The van der Waals surface area contributed by atoms with Crippen molar-refractivity contribution < 1.29 is 0 Å². The SMILES string of the molecule is CCc1nn(C)c(CC(NC)C2CC3CCC2C3)c1Br.